The minimum Gasteiger partial charge on any atom is -0.492 e. The van der Waals surface area contributed by atoms with Crippen molar-refractivity contribution < 1.29 is 14.6 Å². The van der Waals surface area contributed by atoms with Crippen LogP contribution in [0.15, 0.2) is 18.2 Å². The molecular formula is C13H17ClO3. The van der Waals surface area contributed by atoms with Crippen molar-refractivity contribution in [2.24, 2.45) is 0 Å². The van der Waals surface area contributed by atoms with E-state index in [-0.39, 0.29) is 12.2 Å². The number of ether oxygens (including phenoxy) is 2. The summed E-state index contributed by atoms with van der Waals surface area (Å²) < 4.78 is 11.0. The van der Waals surface area contributed by atoms with Crippen LogP contribution in [-0.4, -0.2) is 24.4 Å². The maximum Gasteiger partial charge on any atom is 0.137 e. The predicted molar refractivity (Wildman–Crippen MR) is 66.6 cm³/mol. The summed E-state index contributed by atoms with van der Waals surface area (Å²) in [6, 6.07) is 5.65. The molecule has 17 heavy (non-hydrogen) atoms. The lowest BCUT2D eigenvalue weighted by Crippen LogP contribution is -2.23. The molecule has 1 aromatic carbocycles. The van der Waals surface area contributed by atoms with Gasteiger partial charge in [0.25, 0.3) is 0 Å². The van der Waals surface area contributed by atoms with E-state index in [1.165, 1.54) is 0 Å². The molecule has 4 heteroatoms. The number of aliphatic hydroxyl groups excluding tert-OH is 1. The second-order valence-electron chi connectivity index (χ2n) is 4.16. The van der Waals surface area contributed by atoms with Crippen molar-refractivity contribution in [2.45, 2.75) is 32.0 Å². The summed E-state index contributed by atoms with van der Waals surface area (Å²) >= 11 is 6.12. The lowest BCUT2D eigenvalue weighted by atomic mass is 9.99. The Balaban J connectivity index is 2.13. The van der Waals surface area contributed by atoms with Gasteiger partial charge in [-0.25, -0.2) is 0 Å². The highest BCUT2D eigenvalue weighted by atomic mass is 35.5. The van der Waals surface area contributed by atoms with E-state index in [1.807, 2.05) is 25.1 Å². The Hall–Kier alpha value is -0.770. The van der Waals surface area contributed by atoms with Crippen LogP contribution in [0.25, 0.3) is 0 Å². The van der Waals surface area contributed by atoms with Crippen molar-refractivity contribution in [1.29, 1.82) is 0 Å². The van der Waals surface area contributed by atoms with E-state index in [0.29, 0.717) is 36.8 Å². The zero-order chi connectivity index (χ0) is 12.3. The van der Waals surface area contributed by atoms with Crippen molar-refractivity contribution >= 4 is 11.6 Å². The lowest BCUT2D eigenvalue weighted by molar-refractivity contribution is -0.0447. The predicted octanol–water partition coefficient (Wildman–Crippen LogP) is 2.95. The SMILES string of the molecule is CCOc1ccc(C2CC(O)CCO2)cc1Cl. The van der Waals surface area contributed by atoms with Gasteiger partial charge in [0.15, 0.2) is 0 Å². The Morgan fingerprint density at radius 3 is 3.00 bits per heavy atom. The monoisotopic (exact) mass is 256 g/mol. The summed E-state index contributed by atoms with van der Waals surface area (Å²) in [5, 5.41) is 10.2. The Labute approximate surface area is 106 Å². The van der Waals surface area contributed by atoms with Gasteiger partial charge >= 0.3 is 0 Å². The first-order chi connectivity index (χ1) is 8.20. The molecule has 0 amide bonds. The molecular weight excluding hydrogens is 240 g/mol. The van der Waals surface area contributed by atoms with E-state index in [2.05, 4.69) is 0 Å². The molecule has 0 aliphatic carbocycles. The van der Waals surface area contributed by atoms with Gasteiger partial charge in [-0.05, 0) is 31.0 Å². The number of benzene rings is 1. The van der Waals surface area contributed by atoms with Gasteiger partial charge in [-0.15, -0.1) is 0 Å². The molecule has 0 radical (unpaired) electrons. The van der Waals surface area contributed by atoms with Crippen molar-refractivity contribution in [3.8, 4) is 5.75 Å². The summed E-state index contributed by atoms with van der Waals surface area (Å²) in [7, 11) is 0. The first kappa shape index (κ1) is 12.7. The molecule has 2 rings (SSSR count). The van der Waals surface area contributed by atoms with Crippen LogP contribution >= 0.6 is 11.6 Å². The van der Waals surface area contributed by atoms with Crippen molar-refractivity contribution in [3.05, 3.63) is 28.8 Å². The first-order valence-corrected chi connectivity index (χ1v) is 6.30. The molecule has 1 aliphatic rings. The van der Waals surface area contributed by atoms with E-state index in [9.17, 15) is 5.11 Å². The third-order valence-electron chi connectivity index (χ3n) is 2.88. The van der Waals surface area contributed by atoms with Crippen LogP contribution < -0.4 is 4.74 Å². The van der Waals surface area contributed by atoms with Crippen LogP contribution in [0.1, 0.15) is 31.4 Å². The van der Waals surface area contributed by atoms with Crippen LogP contribution in [0.3, 0.4) is 0 Å². The second kappa shape index (κ2) is 5.71. The minimum absolute atomic E-state index is 0.0630. The van der Waals surface area contributed by atoms with E-state index >= 15 is 0 Å². The summed E-state index contributed by atoms with van der Waals surface area (Å²) in [5.41, 5.74) is 0.997. The number of aliphatic hydroxyl groups is 1. The van der Waals surface area contributed by atoms with Gasteiger partial charge in [-0.1, -0.05) is 17.7 Å². The highest BCUT2D eigenvalue weighted by Crippen LogP contribution is 2.33. The third-order valence-corrected chi connectivity index (χ3v) is 3.18. The zero-order valence-corrected chi connectivity index (χ0v) is 10.6. The van der Waals surface area contributed by atoms with E-state index in [0.717, 1.165) is 5.56 Å². The highest BCUT2D eigenvalue weighted by Gasteiger charge is 2.22. The smallest absolute Gasteiger partial charge is 0.137 e. The topological polar surface area (TPSA) is 38.7 Å². The summed E-state index contributed by atoms with van der Waals surface area (Å²) in [4.78, 5) is 0. The maximum absolute atomic E-state index is 9.61. The zero-order valence-electron chi connectivity index (χ0n) is 9.86. The first-order valence-electron chi connectivity index (χ1n) is 5.92. The molecule has 1 aliphatic heterocycles. The van der Waals surface area contributed by atoms with Crippen LogP contribution in [0, 0.1) is 0 Å². The largest absolute Gasteiger partial charge is 0.492 e. The Morgan fingerprint density at radius 1 is 1.53 bits per heavy atom. The molecule has 0 saturated carbocycles. The summed E-state index contributed by atoms with van der Waals surface area (Å²) in [5.74, 6) is 0.689. The number of hydrogen-bond acceptors (Lipinski definition) is 3. The van der Waals surface area contributed by atoms with E-state index < -0.39 is 0 Å². The molecule has 2 atom stereocenters. The molecule has 94 valence electrons. The molecule has 1 saturated heterocycles. The average Bonchev–Trinajstić information content (AvgIpc) is 2.32. The molecule has 1 fully saturated rings. The van der Waals surface area contributed by atoms with E-state index in [1.54, 1.807) is 0 Å². The fraction of sp³-hybridized carbons (Fsp3) is 0.538. The Bertz CT molecular complexity index is 381. The van der Waals surface area contributed by atoms with Gasteiger partial charge in [0, 0.05) is 13.0 Å². The summed E-state index contributed by atoms with van der Waals surface area (Å²) in [6.45, 7) is 3.11. The number of halogens is 1. The van der Waals surface area contributed by atoms with E-state index in [4.69, 9.17) is 21.1 Å². The van der Waals surface area contributed by atoms with Gasteiger partial charge < -0.3 is 14.6 Å². The van der Waals surface area contributed by atoms with Crippen molar-refractivity contribution in [3.63, 3.8) is 0 Å². The van der Waals surface area contributed by atoms with Gasteiger partial charge in [-0.2, -0.15) is 0 Å². The number of hydrogen-bond donors (Lipinski definition) is 1. The van der Waals surface area contributed by atoms with Crippen molar-refractivity contribution in [2.75, 3.05) is 13.2 Å². The normalized spacial score (nSPS) is 24.6. The lowest BCUT2D eigenvalue weighted by Gasteiger charge is -2.27. The molecule has 1 heterocycles. The average molecular weight is 257 g/mol. The van der Waals surface area contributed by atoms with Crippen LogP contribution in [0.4, 0.5) is 0 Å². The molecule has 0 aromatic heterocycles. The van der Waals surface area contributed by atoms with Crippen LogP contribution in [-0.2, 0) is 4.74 Å². The van der Waals surface area contributed by atoms with Crippen molar-refractivity contribution in [1.82, 2.24) is 0 Å². The van der Waals surface area contributed by atoms with Gasteiger partial charge in [0.05, 0.1) is 23.8 Å². The maximum atomic E-state index is 9.61. The molecule has 0 bridgehead atoms. The molecule has 1 N–H and O–H groups in total. The van der Waals surface area contributed by atoms with Crippen LogP contribution in [0.2, 0.25) is 5.02 Å². The molecule has 2 unspecified atom stereocenters. The number of rotatable bonds is 3. The van der Waals surface area contributed by atoms with Gasteiger partial charge in [0.2, 0.25) is 0 Å². The minimum atomic E-state index is -0.279. The quantitative estimate of drug-likeness (QED) is 0.904. The summed E-state index contributed by atoms with van der Waals surface area (Å²) in [6.07, 6.45) is 0.997. The Morgan fingerprint density at radius 2 is 2.35 bits per heavy atom. The molecule has 3 nitrogen and oxygen atoms in total. The molecule has 0 spiro atoms. The van der Waals surface area contributed by atoms with Crippen LogP contribution in [0.5, 0.6) is 5.75 Å². The van der Waals surface area contributed by atoms with Gasteiger partial charge in [-0.3, -0.25) is 0 Å². The highest BCUT2D eigenvalue weighted by molar-refractivity contribution is 6.32. The molecule has 1 aromatic rings. The standard InChI is InChI=1S/C13H17ClO3/c1-2-16-12-4-3-9(7-11(12)14)13-8-10(15)5-6-17-13/h3-4,7,10,13,15H,2,5-6,8H2,1H3. The fourth-order valence-corrected chi connectivity index (χ4v) is 2.25. The second-order valence-corrected chi connectivity index (χ2v) is 4.57. The fourth-order valence-electron chi connectivity index (χ4n) is 2.00. The van der Waals surface area contributed by atoms with Gasteiger partial charge in [0.1, 0.15) is 5.75 Å². The third kappa shape index (κ3) is 3.12. The Kier molecular flexibility index (Phi) is 4.26.